The molecule has 2 aromatic rings. The van der Waals surface area contributed by atoms with E-state index in [0.717, 1.165) is 18.2 Å². The Hall–Kier alpha value is -3.76. The number of carbonyl (C=O) groups is 3. The molecule has 0 saturated heterocycles. The van der Waals surface area contributed by atoms with Crippen molar-refractivity contribution in [2.24, 2.45) is 0 Å². The number of alkyl halides is 3. The van der Waals surface area contributed by atoms with Crippen LogP contribution >= 0.6 is 0 Å². The largest absolute Gasteiger partial charge is 0.493 e. The van der Waals surface area contributed by atoms with Crippen LogP contribution in [0.3, 0.4) is 0 Å². The lowest BCUT2D eigenvalue weighted by molar-refractivity contribution is -0.137. The lowest BCUT2D eigenvalue weighted by Gasteiger charge is -2.11. The molecular weight excluding hydrogens is 409 g/mol. The Labute approximate surface area is 168 Å². The number of hydrogen-bond donors (Lipinski definition) is 2. The summed E-state index contributed by atoms with van der Waals surface area (Å²) in [6, 6.07) is 7.88. The number of amides is 2. The maximum atomic E-state index is 12.7. The zero-order chi connectivity index (χ0) is 22.3. The van der Waals surface area contributed by atoms with Crippen LogP contribution < -0.4 is 20.3 Å². The van der Waals surface area contributed by atoms with Gasteiger partial charge in [0.1, 0.15) is 0 Å². The number of esters is 1. The van der Waals surface area contributed by atoms with Crippen LogP contribution in [-0.2, 0) is 15.7 Å². The lowest BCUT2D eigenvalue weighted by Crippen LogP contribution is -2.43. The molecule has 0 aliphatic rings. The van der Waals surface area contributed by atoms with Crippen LogP contribution in [0.5, 0.6) is 11.5 Å². The summed E-state index contributed by atoms with van der Waals surface area (Å²) < 4.78 is 52.8. The number of nitrogens with one attached hydrogen (secondary N) is 2. The first kappa shape index (κ1) is 22.5. The minimum atomic E-state index is -4.62. The van der Waals surface area contributed by atoms with Gasteiger partial charge in [0, 0.05) is 5.56 Å². The van der Waals surface area contributed by atoms with Crippen molar-refractivity contribution in [2.75, 3.05) is 20.8 Å². The van der Waals surface area contributed by atoms with Crippen molar-refractivity contribution in [3.8, 4) is 11.5 Å². The van der Waals surface area contributed by atoms with Gasteiger partial charge in [-0.15, -0.1) is 0 Å². The molecule has 0 radical (unpaired) electrons. The zero-order valence-corrected chi connectivity index (χ0v) is 15.8. The first-order chi connectivity index (χ1) is 14.2. The quantitative estimate of drug-likeness (QED) is 0.543. The predicted octanol–water partition coefficient (Wildman–Crippen LogP) is 2.34. The number of halogens is 3. The molecule has 0 heterocycles. The Morgan fingerprint density at radius 1 is 0.900 bits per heavy atom. The third-order valence-electron chi connectivity index (χ3n) is 3.72. The molecule has 0 saturated carbocycles. The summed E-state index contributed by atoms with van der Waals surface area (Å²) in [5.41, 5.74) is 2.88. The fraction of sp³-hybridized carbons (Fsp3) is 0.211. The van der Waals surface area contributed by atoms with Crippen LogP contribution in [0, 0.1) is 0 Å². The van der Waals surface area contributed by atoms with Crippen LogP contribution in [0.4, 0.5) is 13.2 Å². The standard InChI is InChI=1S/C19H17F3N2O6/c1-28-14-7-6-11(9-15(14)29-2)17(26)24-23-16(25)10-30-18(27)12-4-3-5-13(8-12)19(20,21)22/h3-9H,10H2,1-2H3,(H,23,25)(H,24,26). The van der Waals surface area contributed by atoms with Crippen LogP contribution in [0.25, 0.3) is 0 Å². The monoisotopic (exact) mass is 426 g/mol. The summed E-state index contributed by atoms with van der Waals surface area (Å²) in [4.78, 5) is 35.6. The maximum absolute atomic E-state index is 12.7. The second kappa shape index (κ2) is 9.63. The molecule has 0 spiro atoms. The van der Waals surface area contributed by atoms with Crippen molar-refractivity contribution in [2.45, 2.75) is 6.18 Å². The molecule has 2 amide bonds. The van der Waals surface area contributed by atoms with Crippen molar-refractivity contribution in [3.63, 3.8) is 0 Å². The third kappa shape index (κ3) is 5.87. The van der Waals surface area contributed by atoms with Crippen LogP contribution in [0.1, 0.15) is 26.3 Å². The Morgan fingerprint density at radius 3 is 2.23 bits per heavy atom. The Morgan fingerprint density at radius 2 is 1.60 bits per heavy atom. The van der Waals surface area contributed by atoms with E-state index in [9.17, 15) is 27.6 Å². The van der Waals surface area contributed by atoms with Gasteiger partial charge >= 0.3 is 12.1 Å². The number of rotatable bonds is 6. The molecule has 2 aromatic carbocycles. The Kier molecular flexibility index (Phi) is 7.23. The summed E-state index contributed by atoms with van der Waals surface area (Å²) >= 11 is 0. The topological polar surface area (TPSA) is 103 Å². The number of benzene rings is 2. The van der Waals surface area contributed by atoms with Gasteiger partial charge in [-0.05, 0) is 36.4 Å². The highest BCUT2D eigenvalue weighted by Gasteiger charge is 2.31. The molecule has 0 aliphatic carbocycles. The first-order valence-electron chi connectivity index (χ1n) is 8.31. The summed E-state index contributed by atoms with van der Waals surface area (Å²) in [5.74, 6) is -2.01. The van der Waals surface area contributed by atoms with Crippen molar-refractivity contribution >= 4 is 17.8 Å². The summed E-state index contributed by atoms with van der Waals surface area (Å²) in [7, 11) is 2.82. The second-order valence-electron chi connectivity index (χ2n) is 5.73. The molecule has 2 rings (SSSR count). The van der Waals surface area contributed by atoms with E-state index in [1.165, 1.54) is 32.4 Å². The molecule has 8 nitrogen and oxygen atoms in total. The van der Waals surface area contributed by atoms with E-state index in [0.29, 0.717) is 17.6 Å². The van der Waals surface area contributed by atoms with E-state index in [-0.39, 0.29) is 11.1 Å². The number of methoxy groups -OCH3 is 2. The third-order valence-corrected chi connectivity index (χ3v) is 3.72. The number of hydrogen-bond acceptors (Lipinski definition) is 6. The van der Waals surface area contributed by atoms with Crippen molar-refractivity contribution in [3.05, 3.63) is 59.2 Å². The van der Waals surface area contributed by atoms with Crippen molar-refractivity contribution in [1.82, 2.24) is 10.9 Å². The highest BCUT2D eigenvalue weighted by Crippen LogP contribution is 2.29. The van der Waals surface area contributed by atoms with Gasteiger partial charge in [0.25, 0.3) is 11.8 Å². The smallest absolute Gasteiger partial charge is 0.416 e. The van der Waals surface area contributed by atoms with Gasteiger partial charge in [-0.2, -0.15) is 13.2 Å². The van der Waals surface area contributed by atoms with Crippen molar-refractivity contribution < 1.29 is 41.8 Å². The molecule has 30 heavy (non-hydrogen) atoms. The number of hydrazine groups is 1. The fourth-order valence-corrected chi connectivity index (χ4v) is 2.25. The molecule has 160 valence electrons. The normalized spacial score (nSPS) is 10.7. The second-order valence-corrected chi connectivity index (χ2v) is 5.73. The van der Waals surface area contributed by atoms with E-state index in [1.54, 1.807) is 0 Å². The Balaban J connectivity index is 1.88. The molecule has 0 atom stereocenters. The van der Waals surface area contributed by atoms with Gasteiger partial charge in [-0.1, -0.05) is 6.07 Å². The summed E-state index contributed by atoms with van der Waals surface area (Å²) in [6.45, 7) is -0.818. The molecule has 0 aromatic heterocycles. The van der Waals surface area contributed by atoms with Crippen LogP contribution in [-0.4, -0.2) is 38.6 Å². The highest BCUT2D eigenvalue weighted by atomic mass is 19.4. The molecule has 0 aliphatic heterocycles. The number of ether oxygens (including phenoxy) is 3. The zero-order valence-electron chi connectivity index (χ0n) is 15.8. The van der Waals surface area contributed by atoms with E-state index < -0.39 is 36.1 Å². The van der Waals surface area contributed by atoms with Crippen LogP contribution in [0.15, 0.2) is 42.5 Å². The average molecular weight is 426 g/mol. The van der Waals surface area contributed by atoms with Gasteiger partial charge in [0.15, 0.2) is 18.1 Å². The molecule has 2 N–H and O–H groups in total. The molecule has 0 bridgehead atoms. The summed E-state index contributed by atoms with van der Waals surface area (Å²) in [5, 5.41) is 0. The first-order valence-corrected chi connectivity index (χ1v) is 8.31. The van der Waals surface area contributed by atoms with Gasteiger partial charge in [0.05, 0.1) is 25.3 Å². The number of carbonyl (C=O) groups excluding carboxylic acids is 3. The maximum Gasteiger partial charge on any atom is 0.416 e. The van der Waals surface area contributed by atoms with Gasteiger partial charge in [-0.3, -0.25) is 20.4 Å². The van der Waals surface area contributed by atoms with Gasteiger partial charge < -0.3 is 14.2 Å². The minimum absolute atomic E-state index is 0.147. The Bertz CT molecular complexity index is 946. The molecular formula is C19H17F3N2O6. The van der Waals surface area contributed by atoms with E-state index >= 15 is 0 Å². The lowest BCUT2D eigenvalue weighted by atomic mass is 10.1. The summed E-state index contributed by atoms with van der Waals surface area (Å²) in [6.07, 6.45) is -4.62. The fourth-order valence-electron chi connectivity index (χ4n) is 2.25. The van der Waals surface area contributed by atoms with E-state index in [1.807, 2.05) is 5.43 Å². The molecule has 11 heteroatoms. The van der Waals surface area contributed by atoms with Crippen LogP contribution in [0.2, 0.25) is 0 Å². The molecule has 0 fully saturated rings. The van der Waals surface area contributed by atoms with Gasteiger partial charge in [0.2, 0.25) is 0 Å². The highest BCUT2D eigenvalue weighted by molar-refractivity contribution is 5.96. The van der Waals surface area contributed by atoms with Gasteiger partial charge in [-0.25, -0.2) is 4.79 Å². The predicted molar refractivity (Wildman–Crippen MR) is 96.9 cm³/mol. The molecule has 0 unspecified atom stereocenters. The average Bonchev–Trinajstić information content (AvgIpc) is 2.74. The van der Waals surface area contributed by atoms with E-state index in [4.69, 9.17) is 9.47 Å². The van der Waals surface area contributed by atoms with E-state index in [2.05, 4.69) is 10.2 Å². The minimum Gasteiger partial charge on any atom is -0.493 e. The SMILES string of the molecule is COc1ccc(C(=O)NNC(=O)COC(=O)c2cccc(C(F)(F)F)c2)cc1OC. The van der Waals surface area contributed by atoms with Crippen molar-refractivity contribution in [1.29, 1.82) is 0 Å².